The van der Waals surface area contributed by atoms with Crippen LogP contribution in [0, 0.1) is 0 Å². The van der Waals surface area contributed by atoms with Crippen molar-refractivity contribution in [1.29, 1.82) is 0 Å². The molecule has 0 atom stereocenters. The Balaban J connectivity index is 2.34. The van der Waals surface area contributed by atoms with Gasteiger partial charge in [-0.1, -0.05) is 69.6 Å². The van der Waals surface area contributed by atoms with Gasteiger partial charge in [0.05, 0.1) is 35.8 Å². The molecule has 2 nitrogen and oxygen atoms in total. The molecular formula is C18H7Cl6NO. The topological polar surface area (TPSA) is 30.0 Å². The number of aromatic nitrogens is 1. The number of pyridine rings is 1. The number of nitrogens with zero attached hydrogens (tertiary/aromatic N) is 1. The lowest BCUT2D eigenvalue weighted by molar-refractivity contribution is 0.111. The second-order valence-electron chi connectivity index (χ2n) is 5.24. The summed E-state index contributed by atoms with van der Waals surface area (Å²) >= 11 is 37.0. The fraction of sp³-hybridized carbons (Fsp3) is 0. The van der Waals surface area contributed by atoms with Crippen molar-refractivity contribution in [3.63, 3.8) is 0 Å². The molecule has 0 aliphatic carbocycles. The summed E-state index contributed by atoms with van der Waals surface area (Å²) in [4.78, 5) is 15.6. The van der Waals surface area contributed by atoms with Crippen molar-refractivity contribution in [3.8, 4) is 22.4 Å². The second kappa shape index (κ2) is 7.93. The van der Waals surface area contributed by atoms with Gasteiger partial charge in [0.1, 0.15) is 5.69 Å². The summed E-state index contributed by atoms with van der Waals surface area (Å²) in [6, 6.07) is 9.52. The largest absolute Gasteiger partial charge is 0.296 e. The third-order valence-corrected chi connectivity index (χ3v) is 5.67. The van der Waals surface area contributed by atoms with Crippen molar-refractivity contribution in [2.24, 2.45) is 0 Å². The number of benzene rings is 2. The third-order valence-electron chi connectivity index (χ3n) is 3.60. The number of rotatable bonds is 3. The van der Waals surface area contributed by atoms with E-state index in [0.29, 0.717) is 58.8 Å². The van der Waals surface area contributed by atoms with Crippen LogP contribution in [-0.2, 0) is 0 Å². The molecule has 0 spiro atoms. The number of halogens is 6. The molecule has 0 saturated carbocycles. The van der Waals surface area contributed by atoms with Gasteiger partial charge in [0.15, 0.2) is 6.29 Å². The van der Waals surface area contributed by atoms with Gasteiger partial charge in [-0.3, -0.25) is 4.79 Å². The van der Waals surface area contributed by atoms with E-state index < -0.39 is 0 Å². The van der Waals surface area contributed by atoms with Gasteiger partial charge in [-0.2, -0.15) is 0 Å². The predicted octanol–water partition coefficient (Wildman–Crippen LogP) is 8.15. The Kier molecular flexibility index (Phi) is 6.03. The van der Waals surface area contributed by atoms with Crippen molar-refractivity contribution in [2.75, 3.05) is 0 Å². The summed E-state index contributed by atoms with van der Waals surface area (Å²) in [5.74, 6) is 0. The zero-order chi connectivity index (χ0) is 19.0. The molecule has 0 amide bonds. The van der Waals surface area contributed by atoms with Crippen LogP contribution in [0.15, 0.2) is 36.4 Å². The number of aldehydes is 1. The highest BCUT2D eigenvalue weighted by molar-refractivity contribution is 6.45. The van der Waals surface area contributed by atoms with Crippen molar-refractivity contribution in [1.82, 2.24) is 4.98 Å². The average Bonchev–Trinajstić information content (AvgIpc) is 2.61. The first-order chi connectivity index (χ1) is 12.3. The molecule has 0 N–H and O–H groups in total. The van der Waals surface area contributed by atoms with Crippen LogP contribution in [0.3, 0.4) is 0 Å². The Bertz CT molecular complexity index is 1030. The van der Waals surface area contributed by atoms with Crippen LogP contribution >= 0.6 is 69.6 Å². The van der Waals surface area contributed by atoms with Crippen LogP contribution in [0.2, 0.25) is 30.1 Å². The van der Waals surface area contributed by atoms with Crippen molar-refractivity contribution in [3.05, 3.63) is 72.2 Å². The molecule has 26 heavy (non-hydrogen) atoms. The second-order valence-corrected chi connectivity index (χ2v) is 7.69. The highest BCUT2D eigenvalue weighted by Gasteiger charge is 2.18. The van der Waals surface area contributed by atoms with Crippen molar-refractivity contribution < 1.29 is 4.79 Å². The summed E-state index contributed by atoms with van der Waals surface area (Å²) in [6.45, 7) is 0. The van der Waals surface area contributed by atoms with E-state index >= 15 is 0 Å². The summed E-state index contributed by atoms with van der Waals surface area (Å²) < 4.78 is 0. The van der Waals surface area contributed by atoms with E-state index in [2.05, 4.69) is 4.98 Å². The number of carbonyl (C=O) groups is 1. The maximum atomic E-state index is 11.2. The Morgan fingerprint density at radius 3 is 1.69 bits per heavy atom. The zero-order valence-corrected chi connectivity index (χ0v) is 17.2. The molecular weight excluding hydrogens is 459 g/mol. The fourth-order valence-electron chi connectivity index (χ4n) is 2.40. The molecule has 0 aliphatic heterocycles. The first-order valence-corrected chi connectivity index (χ1v) is 9.34. The van der Waals surface area contributed by atoms with Gasteiger partial charge >= 0.3 is 0 Å². The molecule has 0 fully saturated rings. The lowest BCUT2D eigenvalue weighted by atomic mass is 9.98. The minimum absolute atomic E-state index is 0.224. The third kappa shape index (κ3) is 3.82. The highest BCUT2D eigenvalue weighted by Crippen LogP contribution is 2.42. The zero-order valence-electron chi connectivity index (χ0n) is 12.7. The van der Waals surface area contributed by atoms with E-state index in [4.69, 9.17) is 69.6 Å². The van der Waals surface area contributed by atoms with Crippen LogP contribution in [0.5, 0.6) is 0 Å². The Morgan fingerprint density at radius 2 is 1.12 bits per heavy atom. The molecule has 0 saturated heterocycles. The van der Waals surface area contributed by atoms with Gasteiger partial charge in [0.2, 0.25) is 0 Å². The number of hydrogen-bond acceptors (Lipinski definition) is 2. The van der Waals surface area contributed by atoms with Gasteiger partial charge in [0, 0.05) is 16.7 Å². The average molecular weight is 466 g/mol. The highest BCUT2D eigenvalue weighted by atomic mass is 35.5. The van der Waals surface area contributed by atoms with Crippen LogP contribution in [0.1, 0.15) is 10.5 Å². The van der Waals surface area contributed by atoms with Crippen LogP contribution in [0.25, 0.3) is 22.4 Å². The molecule has 1 heterocycles. The minimum Gasteiger partial charge on any atom is -0.296 e. The molecule has 8 heteroatoms. The SMILES string of the molecule is O=Cc1ccc(-c2cc(Cl)c(Cl)cc2Cl)c(-c2cc(Cl)c(Cl)cc2Cl)n1. The summed E-state index contributed by atoms with van der Waals surface area (Å²) in [6.07, 6.45) is 0.634. The van der Waals surface area contributed by atoms with E-state index in [0.717, 1.165) is 0 Å². The van der Waals surface area contributed by atoms with E-state index in [1.165, 1.54) is 12.1 Å². The Labute approximate surface area is 179 Å². The van der Waals surface area contributed by atoms with Gasteiger partial charge in [-0.15, -0.1) is 0 Å². The molecule has 2 aromatic carbocycles. The molecule has 0 aliphatic rings. The number of carbonyl (C=O) groups excluding carboxylic acids is 1. The lowest BCUT2D eigenvalue weighted by Gasteiger charge is -2.14. The minimum atomic E-state index is 0.224. The monoisotopic (exact) mass is 463 g/mol. The molecule has 0 radical (unpaired) electrons. The molecule has 1 aromatic heterocycles. The van der Waals surface area contributed by atoms with Gasteiger partial charge in [-0.05, 0) is 36.4 Å². The van der Waals surface area contributed by atoms with Gasteiger partial charge in [-0.25, -0.2) is 4.98 Å². The van der Waals surface area contributed by atoms with E-state index in [9.17, 15) is 4.79 Å². The Hall–Kier alpha value is -1.000. The predicted molar refractivity (Wildman–Crippen MR) is 111 cm³/mol. The first kappa shape index (κ1) is 19.8. The normalized spacial score (nSPS) is 10.8. The van der Waals surface area contributed by atoms with Crippen LogP contribution in [0.4, 0.5) is 0 Å². The molecule has 3 rings (SSSR count). The molecule has 0 unspecified atom stereocenters. The van der Waals surface area contributed by atoms with Crippen molar-refractivity contribution >= 4 is 75.9 Å². The van der Waals surface area contributed by atoms with E-state index in [1.54, 1.807) is 24.3 Å². The molecule has 3 aromatic rings. The Morgan fingerprint density at radius 1 is 0.615 bits per heavy atom. The van der Waals surface area contributed by atoms with E-state index in [-0.39, 0.29) is 5.69 Å². The summed E-state index contributed by atoms with van der Waals surface area (Å²) in [7, 11) is 0. The van der Waals surface area contributed by atoms with Gasteiger partial charge < -0.3 is 0 Å². The maximum absolute atomic E-state index is 11.2. The standard InChI is InChI=1S/C18H7Cl6NO/c19-12-5-16(23)14(21)3-10(12)9-2-1-8(7-26)25-18(9)11-4-15(22)17(24)6-13(11)20/h1-7H. The van der Waals surface area contributed by atoms with E-state index in [1.807, 2.05) is 0 Å². The van der Waals surface area contributed by atoms with Crippen LogP contribution in [-0.4, -0.2) is 11.3 Å². The smallest absolute Gasteiger partial charge is 0.168 e. The van der Waals surface area contributed by atoms with Crippen LogP contribution < -0.4 is 0 Å². The summed E-state index contributed by atoms with van der Waals surface area (Å²) in [5, 5.41) is 1.96. The number of hydrogen-bond donors (Lipinski definition) is 0. The molecule has 132 valence electrons. The lowest BCUT2D eigenvalue weighted by Crippen LogP contribution is -1.96. The van der Waals surface area contributed by atoms with Crippen molar-refractivity contribution in [2.45, 2.75) is 0 Å². The van der Waals surface area contributed by atoms with Gasteiger partial charge in [0.25, 0.3) is 0 Å². The summed E-state index contributed by atoms with van der Waals surface area (Å²) in [5.41, 5.74) is 2.34. The quantitative estimate of drug-likeness (QED) is 0.288. The maximum Gasteiger partial charge on any atom is 0.168 e. The fourth-order valence-corrected chi connectivity index (χ4v) is 3.68. The molecule has 0 bridgehead atoms. The first-order valence-electron chi connectivity index (χ1n) is 7.08.